The molecule has 7 nitrogen and oxygen atoms in total. The molecule has 2 heterocycles. The summed E-state index contributed by atoms with van der Waals surface area (Å²) in [6.45, 7) is 2.88. The summed E-state index contributed by atoms with van der Waals surface area (Å²) in [5, 5.41) is 2.92. The SMILES string of the molecule is CCCC[C@@H]1C[C@H](Cc2cc(OCc3ccccc3)nc(OCc3ccccc3)n2)NC(=O)O1. The van der Waals surface area contributed by atoms with E-state index in [-0.39, 0.29) is 24.2 Å². The number of aromatic nitrogens is 2. The lowest BCUT2D eigenvalue weighted by molar-refractivity contribution is 0.0529. The molecule has 7 heteroatoms. The molecule has 0 unspecified atom stereocenters. The summed E-state index contributed by atoms with van der Waals surface area (Å²) in [6, 6.07) is 21.8. The van der Waals surface area contributed by atoms with Gasteiger partial charge in [0.15, 0.2) is 0 Å². The number of nitrogens with one attached hydrogen (secondary N) is 1. The van der Waals surface area contributed by atoms with Crippen molar-refractivity contribution in [1.29, 1.82) is 0 Å². The topological polar surface area (TPSA) is 82.6 Å². The van der Waals surface area contributed by atoms with Gasteiger partial charge in [0.2, 0.25) is 5.88 Å². The molecule has 1 aromatic heterocycles. The minimum Gasteiger partial charge on any atom is -0.473 e. The number of carbonyl (C=O) groups is 1. The Balaban J connectivity index is 1.47. The minimum atomic E-state index is -0.368. The lowest BCUT2D eigenvalue weighted by Crippen LogP contribution is -2.46. The molecule has 0 saturated carbocycles. The normalized spacial score (nSPS) is 17.5. The molecule has 34 heavy (non-hydrogen) atoms. The first-order valence-electron chi connectivity index (χ1n) is 11.9. The largest absolute Gasteiger partial charge is 0.473 e. The zero-order valence-corrected chi connectivity index (χ0v) is 19.5. The Morgan fingerprint density at radius 3 is 2.32 bits per heavy atom. The molecule has 1 amide bonds. The van der Waals surface area contributed by atoms with E-state index in [1.54, 1.807) is 0 Å². The Morgan fingerprint density at radius 2 is 1.65 bits per heavy atom. The van der Waals surface area contributed by atoms with Crippen LogP contribution in [0.3, 0.4) is 0 Å². The molecular weight excluding hydrogens is 430 g/mol. The van der Waals surface area contributed by atoms with E-state index in [0.29, 0.717) is 25.5 Å². The van der Waals surface area contributed by atoms with Crippen molar-refractivity contribution < 1.29 is 19.0 Å². The average molecular weight is 462 g/mol. The van der Waals surface area contributed by atoms with Gasteiger partial charge in [0, 0.05) is 24.9 Å². The number of cyclic esters (lactones) is 1. The number of ether oxygens (including phenoxy) is 3. The van der Waals surface area contributed by atoms with Crippen LogP contribution in [-0.4, -0.2) is 28.2 Å². The molecule has 0 radical (unpaired) electrons. The summed E-state index contributed by atoms with van der Waals surface area (Å²) < 4.78 is 17.3. The number of amides is 1. The van der Waals surface area contributed by atoms with Crippen LogP contribution in [0.5, 0.6) is 11.9 Å². The van der Waals surface area contributed by atoms with Crippen molar-refractivity contribution in [3.63, 3.8) is 0 Å². The van der Waals surface area contributed by atoms with Gasteiger partial charge in [-0.25, -0.2) is 4.79 Å². The molecular formula is C27H31N3O4. The summed E-state index contributed by atoms with van der Waals surface area (Å²) in [4.78, 5) is 21.1. The second-order valence-corrected chi connectivity index (χ2v) is 8.48. The van der Waals surface area contributed by atoms with Crippen LogP contribution in [0.1, 0.15) is 49.4 Å². The van der Waals surface area contributed by atoms with Crippen molar-refractivity contribution in [2.75, 3.05) is 0 Å². The van der Waals surface area contributed by atoms with Crippen molar-refractivity contribution >= 4 is 6.09 Å². The highest BCUT2D eigenvalue weighted by Gasteiger charge is 2.28. The molecule has 4 rings (SSSR count). The van der Waals surface area contributed by atoms with Crippen LogP contribution in [0.2, 0.25) is 0 Å². The summed E-state index contributed by atoms with van der Waals surface area (Å²) in [5.41, 5.74) is 2.83. The summed E-state index contributed by atoms with van der Waals surface area (Å²) in [7, 11) is 0. The van der Waals surface area contributed by atoms with Crippen LogP contribution < -0.4 is 14.8 Å². The third-order valence-corrected chi connectivity index (χ3v) is 5.65. The smallest absolute Gasteiger partial charge is 0.407 e. The van der Waals surface area contributed by atoms with E-state index in [4.69, 9.17) is 14.2 Å². The number of alkyl carbamates (subject to hydrolysis) is 1. The van der Waals surface area contributed by atoms with Crippen LogP contribution in [0.25, 0.3) is 0 Å². The Hall–Kier alpha value is -3.61. The Bertz CT molecular complexity index is 985. The molecule has 0 bridgehead atoms. The van der Waals surface area contributed by atoms with Gasteiger partial charge in [-0.05, 0) is 17.5 Å². The molecule has 1 aliphatic rings. The molecule has 3 aromatic rings. The standard InChI is InChI=1S/C27H31N3O4/c1-2-3-14-24-16-22(29-27(31)34-24)15-23-17-25(32-18-20-10-6-4-7-11-20)30-26(28-23)33-19-21-12-8-5-9-13-21/h4-13,17,22,24H,2-3,14-16,18-19H2,1H3,(H,29,31)/t22-,24+/m0/s1. The van der Waals surface area contributed by atoms with E-state index in [1.807, 2.05) is 66.7 Å². The molecule has 1 N–H and O–H groups in total. The number of hydrogen-bond acceptors (Lipinski definition) is 6. The maximum Gasteiger partial charge on any atom is 0.407 e. The minimum absolute atomic E-state index is 0.0665. The van der Waals surface area contributed by atoms with Crippen LogP contribution in [0.4, 0.5) is 4.79 Å². The van der Waals surface area contributed by atoms with Crippen LogP contribution >= 0.6 is 0 Å². The summed E-state index contributed by atoms with van der Waals surface area (Å²) in [6.07, 6.45) is 3.84. The first-order valence-corrected chi connectivity index (χ1v) is 11.9. The molecule has 2 atom stereocenters. The van der Waals surface area contributed by atoms with Crippen molar-refractivity contribution in [1.82, 2.24) is 15.3 Å². The van der Waals surface area contributed by atoms with E-state index in [1.165, 1.54) is 0 Å². The molecule has 0 spiro atoms. The summed E-state index contributed by atoms with van der Waals surface area (Å²) >= 11 is 0. The number of carbonyl (C=O) groups excluding carboxylic acids is 1. The predicted molar refractivity (Wildman–Crippen MR) is 129 cm³/mol. The number of benzene rings is 2. The van der Waals surface area contributed by atoms with E-state index in [9.17, 15) is 4.79 Å². The van der Waals surface area contributed by atoms with Gasteiger partial charge in [-0.1, -0.05) is 80.4 Å². The van der Waals surface area contributed by atoms with Crippen LogP contribution in [0.15, 0.2) is 66.7 Å². The maximum absolute atomic E-state index is 12.1. The third kappa shape index (κ3) is 7.20. The van der Waals surface area contributed by atoms with E-state index < -0.39 is 0 Å². The van der Waals surface area contributed by atoms with Gasteiger partial charge < -0.3 is 19.5 Å². The molecule has 2 aromatic carbocycles. The van der Waals surface area contributed by atoms with Gasteiger partial charge in [0.05, 0.1) is 5.69 Å². The quantitative estimate of drug-likeness (QED) is 0.421. The van der Waals surface area contributed by atoms with Gasteiger partial charge in [-0.3, -0.25) is 0 Å². The van der Waals surface area contributed by atoms with Gasteiger partial charge >= 0.3 is 12.1 Å². The first kappa shape index (κ1) is 23.5. The van der Waals surface area contributed by atoms with E-state index in [0.717, 1.165) is 42.5 Å². The fourth-order valence-electron chi connectivity index (χ4n) is 3.92. The van der Waals surface area contributed by atoms with Gasteiger partial charge in [0.1, 0.15) is 19.3 Å². The highest BCUT2D eigenvalue weighted by molar-refractivity contribution is 5.68. The van der Waals surface area contributed by atoms with Crippen molar-refractivity contribution in [3.05, 3.63) is 83.6 Å². The number of rotatable bonds is 11. The first-order chi connectivity index (χ1) is 16.7. The van der Waals surface area contributed by atoms with E-state index >= 15 is 0 Å². The molecule has 178 valence electrons. The molecule has 1 fully saturated rings. The highest BCUT2D eigenvalue weighted by Crippen LogP contribution is 2.22. The average Bonchev–Trinajstić information content (AvgIpc) is 2.86. The van der Waals surface area contributed by atoms with Crippen LogP contribution in [0, 0.1) is 0 Å². The monoisotopic (exact) mass is 461 g/mol. The zero-order chi connectivity index (χ0) is 23.6. The predicted octanol–water partition coefficient (Wildman–Crippen LogP) is 5.23. The maximum atomic E-state index is 12.1. The van der Waals surface area contributed by atoms with Gasteiger partial charge in [0.25, 0.3) is 0 Å². The highest BCUT2D eigenvalue weighted by atomic mass is 16.6. The van der Waals surface area contributed by atoms with Crippen molar-refractivity contribution in [3.8, 4) is 11.9 Å². The lowest BCUT2D eigenvalue weighted by Gasteiger charge is -2.30. The third-order valence-electron chi connectivity index (χ3n) is 5.65. The Labute approximate surface area is 200 Å². The van der Waals surface area contributed by atoms with Gasteiger partial charge in [-0.15, -0.1) is 0 Å². The van der Waals surface area contributed by atoms with Crippen molar-refractivity contribution in [2.45, 2.75) is 64.4 Å². The number of nitrogens with zero attached hydrogens (tertiary/aromatic N) is 2. The molecule has 0 aliphatic carbocycles. The molecule has 1 saturated heterocycles. The Kier molecular flexibility index (Phi) is 8.32. The number of unbranched alkanes of at least 4 members (excludes halogenated alkanes) is 1. The van der Waals surface area contributed by atoms with Gasteiger partial charge in [-0.2, -0.15) is 9.97 Å². The molecule has 1 aliphatic heterocycles. The zero-order valence-electron chi connectivity index (χ0n) is 19.5. The fourth-order valence-corrected chi connectivity index (χ4v) is 3.92. The lowest BCUT2D eigenvalue weighted by atomic mass is 9.99. The fraction of sp³-hybridized carbons (Fsp3) is 0.370. The van der Waals surface area contributed by atoms with Crippen molar-refractivity contribution in [2.24, 2.45) is 0 Å². The Morgan fingerprint density at radius 1 is 0.971 bits per heavy atom. The van der Waals surface area contributed by atoms with Crippen LogP contribution in [-0.2, 0) is 24.4 Å². The second-order valence-electron chi connectivity index (χ2n) is 8.48. The van der Waals surface area contributed by atoms with E-state index in [2.05, 4.69) is 22.2 Å². The second kappa shape index (κ2) is 12.0. The summed E-state index contributed by atoms with van der Waals surface area (Å²) in [5.74, 6) is 0.442. The number of hydrogen-bond donors (Lipinski definition) is 1.